The summed E-state index contributed by atoms with van der Waals surface area (Å²) in [6.07, 6.45) is 1.54. The quantitative estimate of drug-likeness (QED) is 0.806. The molecule has 1 unspecified atom stereocenters. The van der Waals surface area contributed by atoms with Crippen LogP contribution in [0.25, 0.3) is 0 Å². The number of carboxylic acid groups (broad SMARTS) is 1. The van der Waals surface area contributed by atoms with Gasteiger partial charge < -0.3 is 20.1 Å². The first-order chi connectivity index (χ1) is 9.69. The molecule has 0 aromatic rings. The number of alkyl carbamates (subject to hydrolysis) is 1. The van der Waals surface area contributed by atoms with Crippen LogP contribution < -0.4 is 5.32 Å². The van der Waals surface area contributed by atoms with E-state index in [0.717, 1.165) is 12.8 Å². The topological polar surface area (TPSA) is 95.9 Å². The number of rotatable bonds is 4. The molecule has 0 spiro atoms. The summed E-state index contributed by atoms with van der Waals surface area (Å²) in [6.45, 7) is 5.66. The van der Waals surface area contributed by atoms with Gasteiger partial charge in [-0.1, -0.05) is 0 Å². The predicted molar refractivity (Wildman–Crippen MR) is 73.6 cm³/mol. The normalized spacial score (nSPS) is 23.0. The van der Waals surface area contributed by atoms with Crippen LogP contribution in [0.1, 0.15) is 40.0 Å². The molecule has 118 valence electrons. The number of hydrogen-bond acceptors (Lipinski definition) is 4. The number of nitrogens with one attached hydrogen (secondary N) is 1. The molecule has 0 bridgehead atoms. The minimum absolute atomic E-state index is 0.0834. The Kier molecular flexibility index (Phi) is 4.11. The van der Waals surface area contributed by atoms with E-state index in [1.165, 1.54) is 4.90 Å². The van der Waals surface area contributed by atoms with Crippen molar-refractivity contribution in [3.05, 3.63) is 0 Å². The number of amides is 2. The Hall–Kier alpha value is -1.79. The van der Waals surface area contributed by atoms with Gasteiger partial charge in [0.25, 0.3) is 0 Å². The molecule has 2 atom stereocenters. The summed E-state index contributed by atoms with van der Waals surface area (Å²) in [5.41, 5.74) is -0.637. The van der Waals surface area contributed by atoms with Crippen molar-refractivity contribution in [2.24, 2.45) is 5.92 Å². The average molecular weight is 298 g/mol. The highest BCUT2D eigenvalue weighted by atomic mass is 16.6. The SMILES string of the molecule is CC(C)(C)OC(=O)NC(C(=O)N1CC[C@H]1C(=O)O)C1CC1. The van der Waals surface area contributed by atoms with Crippen LogP contribution in [0.2, 0.25) is 0 Å². The van der Waals surface area contributed by atoms with Gasteiger partial charge in [-0.25, -0.2) is 9.59 Å². The number of ether oxygens (including phenoxy) is 1. The monoisotopic (exact) mass is 298 g/mol. The van der Waals surface area contributed by atoms with E-state index < -0.39 is 29.7 Å². The number of likely N-dealkylation sites (tertiary alicyclic amines) is 1. The van der Waals surface area contributed by atoms with Crippen LogP contribution in [0.4, 0.5) is 4.79 Å². The highest BCUT2D eigenvalue weighted by molar-refractivity contribution is 5.91. The van der Waals surface area contributed by atoms with Crippen molar-refractivity contribution in [2.75, 3.05) is 6.54 Å². The Morgan fingerprint density at radius 3 is 2.24 bits per heavy atom. The minimum Gasteiger partial charge on any atom is -0.480 e. The first-order valence-electron chi connectivity index (χ1n) is 7.22. The maximum Gasteiger partial charge on any atom is 0.408 e. The van der Waals surface area contributed by atoms with Gasteiger partial charge in [-0.05, 0) is 46.0 Å². The molecular formula is C14H22N2O5. The van der Waals surface area contributed by atoms with Gasteiger partial charge in [0.1, 0.15) is 17.7 Å². The lowest BCUT2D eigenvalue weighted by molar-refractivity contribution is -0.158. The van der Waals surface area contributed by atoms with Gasteiger partial charge in [-0.2, -0.15) is 0 Å². The van der Waals surface area contributed by atoms with E-state index in [1.54, 1.807) is 20.8 Å². The third-order valence-corrected chi connectivity index (χ3v) is 3.62. The summed E-state index contributed by atoms with van der Waals surface area (Å²) in [4.78, 5) is 36.6. The molecule has 0 aromatic heterocycles. The Morgan fingerprint density at radius 1 is 1.24 bits per heavy atom. The van der Waals surface area contributed by atoms with Gasteiger partial charge in [-0.15, -0.1) is 0 Å². The molecule has 2 rings (SSSR count). The summed E-state index contributed by atoms with van der Waals surface area (Å²) in [6, 6.07) is -1.44. The molecule has 0 aromatic carbocycles. The first kappa shape index (κ1) is 15.6. The van der Waals surface area contributed by atoms with Gasteiger partial charge in [0, 0.05) is 6.54 Å². The molecule has 1 saturated carbocycles. The lowest BCUT2D eigenvalue weighted by atomic mass is 10.00. The summed E-state index contributed by atoms with van der Waals surface area (Å²) in [7, 11) is 0. The van der Waals surface area contributed by atoms with Crippen LogP contribution in [-0.2, 0) is 14.3 Å². The van der Waals surface area contributed by atoms with E-state index in [1.807, 2.05) is 0 Å². The van der Waals surface area contributed by atoms with E-state index in [4.69, 9.17) is 9.84 Å². The maximum atomic E-state index is 12.4. The molecule has 2 fully saturated rings. The van der Waals surface area contributed by atoms with Crippen LogP contribution in [0.5, 0.6) is 0 Å². The van der Waals surface area contributed by atoms with Crippen molar-refractivity contribution >= 4 is 18.0 Å². The van der Waals surface area contributed by atoms with Crippen molar-refractivity contribution < 1.29 is 24.2 Å². The lowest BCUT2D eigenvalue weighted by Crippen LogP contribution is -2.61. The predicted octanol–water partition coefficient (Wildman–Crippen LogP) is 0.975. The Bertz CT molecular complexity index is 453. The van der Waals surface area contributed by atoms with E-state index in [-0.39, 0.29) is 11.8 Å². The Balaban J connectivity index is 1.98. The molecule has 21 heavy (non-hydrogen) atoms. The first-order valence-corrected chi connectivity index (χ1v) is 7.22. The van der Waals surface area contributed by atoms with Crippen LogP contribution in [0.15, 0.2) is 0 Å². The molecule has 1 heterocycles. The molecule has 0 radical (unpaired) electrons. The number of carbonyl (C=O) groups is 3. The maximum absolute atomic E-state index is 12.4. The van der Waals surface area contributed by atoms with Gasteiger partial charge >= 0.3 is 12.1 Å². The van der Waals surface area contributed by atoms with Gasteiger partial charge in [0.15, 0.2) is 0 Å². The summed E-state index contributed by atoms with van der Waals surface area (Å²) >= 11 is 0. The number of carboxylic acids is 1. The van der Waals surface area contributed by atoms with Crippen molar-refractivity contribution in [1.29, 1.82) is 0 Å². The summed E-state index contributed by atoms with van der Waals surface area (Å²) in [5.74, 6) is -1.23. The van der Waals surface area contributed by atoms with Crippen molar-refractivity contribution in [3.63, 3.8) is 0 Å². The van der Waals surface area contributed by atoms with E-state index >= 15 is 0 Å². The van der Waals surface area contributed by atoms with E-state index in [0.29, 0.717) is 13.0 Å². The molecular weight excluding hydrogens is 276 g/mol. The largest absolute Gasteiger partial charge is 0.480 e. The van der Waals surface area contributed by atoms with Gasteiger partial charge in [-0.3, -0.25) is 4.79 Å². The summed E-state index contributed by atoms with van der Waals surface area (Å²) in [5, 5.41) is 11.6. The highest BCUT2D eigenvalue weighted by Gasteiger charge is 2.45. The smallest absolute Gasteiger partial charge is 0.408 e. The second-order valence-corrected chi connectivity index (χ2v) is 6.64. The van der Waals surface area contributed by atoms with Crippen LogP contribution >= 0.6 is 0 Å². The molecule has 1 saturated heterocycles. The molecule has 2 amide bonds. The van der Waals surface area contributed by atoms with Crippen LogP contribution in [0, 0.1) is 5.92 Å². The number of aliphatic carboxylic acids is 1. The van der Waals surface area contributed by atoms with Crippen molar-refractivity contribution in [3.8, 4) is 0 Å². The molecule has 7 heteroatoms. The number of hydrogen-bond donors (Lipinski definition) is 2. The van der Waals surface area contributed by atoms with Crippen LogP contribution in [0.3, 0.4) is 0 Å². The zero-order valence-corrected chi connectivity index (χ0v) is 12.6. The molecule has 2 N–H and O–H groups in total. The summed E-state index contributed by atoms with van der Waals surface area (Å²) < 4.78 is 5.16. The fourth-order valence-corrected chi connectivity index (χ4v) is 2.33. The number of nitrogens with zero attached hydrogens (tertiary/aromatic N) is 1. The number of carbonyl (C=O) groups excluding carboxylic acids is 2. The second kappa shape index (κ2) is 5.54. The molecule has 7 nitrogen and oxygen atoms in total. The average Bonchev–Trinajstić information content (AvgIpc) is 3.04. The van der Waals surface area contributed by atoms with Crippen molar-refractivity contribution in [2.45, 2.75) is 57.7 Å². The fraction of sp³-hybridized carbons (Fsp3) is 0.786. The fourth-order valence-electron chi connectivity index (χ4n) is 2.33. The lowest BCUT2D eigenvalue weighted by Gasteiger charge is -2.40. The van der Waals surface area contributed by atoms with E-state index in [9.17, 15) is 14.4 Å². The van der Waals surface area contributed by atoms with Crippen LogP contribution in [-0.4, -0.2) is 52.2 Å². The molecule has 2 aliphatic rings. The zero-order chi connectivity index (χ0) is 15.8. The highest BCUT2D eigenvalue weighted by Crippen LogP contribution is 2.35. The third-order valence-electron chi connectivity index (χ3n) is 3.62. The minimum atomic E-state index is -0.999. The van der Waals surface area contributed by atoms with Gasteiger partial charge in [0.05, 0.1) is 0 Å². The standard InChI is InChI=1S/C14H22N2O5/c1-14(2,3)21-13(20)15-10(8-4-5-8)11(17)16-7-6-9(16)12(18)19/h8-10H,4-7H2,1-3H3,(H,15,20)(H,18,19)/t9-,10?/m0/s1. The Morgan fingerprint density at radius 2 is 1.86 bits per heavy atom. The zero-order valence-electron chi connectivity index (χ0n) is 12.6. The third kappa shape index (κ3) is 3.86. The molecule has 1 aliphatic carbocycles. The van der Waals surface area contributed by atoms with Crippen molar-refractivity contribution in [1.82, 2.24) is 10.2 Å². The van der Waals surface area contributed by atoms with E-state index in [2.05, 4.69) is 5.32 Å². The Labute approximate surface area is 123 Å². The second-order valence-electron chi connectivity index (χ2n) is 6.64. The van der Waals surface area contributed by atoms with Gasteiger partial charge in [0.2, 0.25) is 5.91 Å². The molecule has 1 aliphatic heterocycles.